The molecule has 3 nitrogen and oxygen atoms in total. The standard InChI is InChI=1S/C17H28O3Si/c1-10-11-8-9-16(2)15-13(7-6-12(18)14(11)15)19-17(10,16)20-21(3,4)5/h6-7,10-15,18H,8-9H2,1-5H3/t10-,11+,12+,13-,14+,15-,16+,17-/m1/s1. The summed E-state index contributed by atoms with van der Waals surface area (Å²) in [7, 11) is -1.71. The number of hydrogen-bond donors (Lipinski definition) is 1. The van der Waals surface area contributed by atoms with Crippen LogP contribution in [-0.2, 0) is 9.16 Å². The highest BCUT2D eigenvalue weighted by Crippen LogP contribution is 2.72. The van der Waals surface area contributed by atoms with Gasteiger partial charge in [-0.25, -0.2) is 0 Å². The van der Waals surface area contributed by atoms with Crippen LogP contribution in [0.15, 0.2) is 12.2 Å². The molecule has 5 aliphatic rings. The van der Waals surface area contributed by atoms with Gasteiger partial charge in [-0.15, -0.1) is 0 Å². The maximum absolute atomic E-state index is 10.5. The molecule has 3 saturated carbocycles. The third-order valence-electron chi connectivity index (χ3n) is 6.69. The van der Waals surface area contributed by atoms with E-state index in [4.69, 9.17) is 9.16 Å². The second-order valence-electron chi connectivity index (χ2n) is 8.85. The Labute approximate surface area is 128 Å². The molecule has 1 heterocycles. The summed E-state index contributed by atoms with van der Waals surface area (Å²) in [6, 6.07) is 0. The van der Waals surface area contributed by atoms with E-state index in [1.165, 1.54) is 12.8 Å². The highest BCUT2D eigenvalue weighted by atomic mass is 28.4. The van der Waals surface area contributed by atoms with Gasteiger partial charge in [0.1, 0.15) is 0 Å². The van der Waals surface area contributed by atoms with E-state index < -0.39 is 14.1 Å². The Hall–Kier alpha value is -0.163. The van der Waals surface area contributed by atoms with Crippen molar-refractivity contribution < 1.29 is 14.3 Å². The summed E-state index contributed by atoms with van der Waals surface area (Å²) in [4.78, 5) is 0. The third kappa shape index (κ3) is 1.60. The van der Waals surface area contributed by atoms with Gasteiger partial charge in [0.05, 0.1) is 12.2 Å². The average molecular weight is 308 g/mol. The van der Waals surface area contributed by atoms with Crippen LogP contribution in [0.4, 0.5) is 0 Å². The quantitative estimate of drug-likeness (QED) is 0.629. The predicted octanol–water partition coefficient (Wildman–Crippen LogP) is 3.16. The second kappa shape index (κ2) is 4.02. The van der Waals surface area contributed by atoms with Gasteiger partial charge >= 0.3 is 0 Å². The van der Waals surface area contributed by atoms with Crippen molar-refractivity contribution in [1.82, 2.24) is 0 Å². The van der Waals surface area contributed by atoms with Gasteiger partial charge in [0, 0.05) is 17.3 Å². The maximum Gasteiger partial charge on any atom is 0.187 e. The van der Waals surface area contributed by atoms with Crippen LogP contribution >= 0.6 is 0 Å². The normalized spacial score (nSPS) is 57.8. The van der Waals surface area contributed by atoms with E-state index in [1.54, 1.807) is 0 Å². The fourth-order valence-electron chi connectivity index (χ4n) is 6.07. The molecule has 0 amide bonds. The van der Waals surface area contributed by atoms with Crippen molar-refractivity contribution in [3.63, 3.8) is 0 Å². The zero-order valence-electron chi connectivity index (χ0n) is 13.8. The molecule has 1 aliphatic heterocycles. The van der Waals surface area contributed by atoms with Crippen LogP contribution in [0.25, 0.3) is 0 Å². The Balaban J connectivity index is 1.86. The summed E-state index contributed by atoms with van der Waals surface area (Å²) < 4.78 is 13.4. The fourth-order valence-corrected chi connectivity index (χ4v) is 7.45. The number of ether oxygens (including phenoxy) is 1. The van der Waals surface area contributed by atoms with Gasteiger partial charge in [-0.3, -0.25) is 0 Å². The SMILES string of the molecule is C[C@@H]1[C@@H]2CC[C@@]3(C)[C@H]4[C@@H]2[C@@H](O)C=C[C@H]4O[C@@]13O[Si](C)(C)C. The Kier molecular flexibility index (Phi) is 2.76. The first kappa shape index (κ1) is 14.4. The van der Waals surface area contributed by atoms with Crippen molar-refractivity contribution in [2.45, 2.75) is 64.3 Å². The van der Waals surface area contributed by atoms with Gasteiger partial charge in [-0.2, -0.15) is 0 Å². The van der Waals surface area contributed by atoms with Crippen LogP contribution in [0.5, 0.6) is 0 Å². The van der Waals surface area contributed by atoms with Gasteiger partial charge in [0.25, 0.3) is 0 Å². The van der Waals surface area contributed by atoms with Crippen LogP contribution < -0.4 is 0 Å². The van der Waals surface area contributed by atoms with Crippen LogP contribution in [-0.4, -0.2) is 31.4 Å². The molecule has 1 saturated heterocycles. The summed E-state index contributed by atoms with van der Waals surface area (Å²) in [6.45, 7) is 11.4. The number of aliphatic hydroxyl groups excluding tert-OH is 1. The number of aliphatic hydroxyl groups is 1. The maximum atomic E-state index is 10.5. The molecule has 5 rings (SSSR count). The molecule has 0 aromatic rings. The molecule has 4 fully saturated rings. The molecule has 4 aliphatic carbocycles. The topological polar surface area (TPSA) is 38.7 Å². The molecule has 0 spiro atoms. The number of rotatable bonds is 2. The molecule has 21 heavy (non-hydrogen) atoms. The fraction of sp³-hybridized carbons (Fsp3) is 0.882. The van der Waals surface area contributed by atoms with E-state index in [2.05, 4.69) is 39.6 Å². The van der Waals surface area contributed by atoms with E-state index in [9.17, 15) is 5.11 Å². The Bertz CT molecular complexity index is 499. The van der Waals surface area contributed by atoms with Gasteiger partial charge < -0.3 is 14.3 Å². The van der Waals surface area contributed by atoms with Crippen LogP contribution in [0, 0.1) is 29.1 Å². The molecule has 0 aromatic heterocycles. The minimum Gasteiger partial charge on any atom is -0.390 e. The van der Waals surface area contributed by atoms with E-state index >= 15 is 0 Å². The lowest BCUT2D eigenvalue weighted by Crippen LogP contribution is -2.67. The third-order valence-corrected chi connectivity index (χ3v) is 7.61. The molecular formula is C17H28O3Si. The highest BCUT2D eigenvalue weighted by molar-refractivity contribution is 6.69. The molecule has 118 valence electrons. The minimum absolute atomic E-state index is 0.0442. The van der Waals surface area contributed by atoms with E-state index in [-0.39, 0.29) is 17.6 Å². The van der Waals surface area contributed by atoms with Gasteiger partial charge in [-0.05, 0) is 44.3 Å². The molecule has 8 atom stereocenters. The Morgan fingerprint density at radius 1 is 1.29 bits per heavy atom. The van der Waals surface area contributed by atoms with Crippen molar-refractivity contribution in [2.75, 3.05) is 0 Å². The summed E-state index contributed by atoms with van der Waals surface area (Å²) in [5.74, 6) is 1.24. The number of hydrogen-bond acceptors (Lipinski definition) is 3. The molecule has 4 heteroatoms. The van der Waals surface area contributed by atoms with Crippen LogP contribution in [0.2, 0.25) is 19.6 Å². The lowest BCUT2D eigenvalue weighted by atomic mass is 9.44. The van der Waals surface area contributed by atoms with Crippen molar-refractivity contribution in [1.29, 1.82) is 0 Å². The molecule has 4 bridgehead atoms. The monoisotopic (exact) mass is 308 g/mol. The molecule has 0 unspecified atom stereocenters. The zero-order valence-corrected chi connectivity index (χ0v) is 14.8. The summed E-state index contributed by atoms with van der Waals surface area (Å²) in [5, 5.41) is 10.5. The average Bonchev–Trinajstić information content (AvgIpc) is 2.58. The minimum atomic E-state index is -1.71. The smallest absolute Gasteiger partial charge is 0.187 e. The largest absolute Gasteiger partial charge is 0.390 e. The van der Waals surface area contributed by atoms with Crippen molar-refractivity contribution >= 4 is 8.32 Å². The van der Waals surface area contributed by atoms with Gasteiger partial charge in [0.15, 0.2) is 14.1 Å². The Morgan fingerprint density at radius 3 is 2.67 bits per heavy atom. The van der Waals surface area contributed by atoms with Crippen LogP contribution in [0.3, 0.4) is 0 Å². The Morgan fingerprint density at radius 2 is 2.00 bits per heavy atom. The molecule has 0 radical (unpaired) electrons. The van der Waals surface area contributed by atoms with Gasteiger partial charge in [-0.1, -0.05) is 26.0 Å². The summed E-state index contributed by atoms with van der Waals surface area (Å²) >= 11 is 0. The van der Waals surface area contributed by atoms with E-state index in [0.29, 0.717) is 23.7 Å². The van der Waals surface area contributed by atoms with Crippen LogP contribution in [0.1, 0.15) is 26.7 Å². The van der Waals surface area contributed by atoms with Gasteiger partial charge in [0.2, 0.25) is 0 Å². The second-order valence-corrected chi connectivity index (χ2v) is 13.3. The predicted molar refractivity (Wildman–Crippen MR) is 84.2 cm³/mol. The lowest BCUT2D eigenvalue weighted by Gasteiger charge is -2.63. The lowest BCUT2D eigenvalue weighted by molar-refractivity contribution is -0.296. The summed E-state index contributed by atoms with van der Waals surface area (Å²) in [5.41, 5.74) is 0.0442. The van der Waals surface area contributed by atoms with Crippen molar-refractivity contribution in [3.05, 3.63) is 12.2 Å². The molecule has 1 N–H and O–H groups in total. The first-order valence-electron chi connectivity index (χ1n) is 8.44. The summed E-state index contributed by atoms with van der Waals surface area (Å²) in [6.07, 6.45) is 6.27. The first-order valence-corrected chi connectivity index (χ1v) is 11.8. The highest BCUT2D eigenvalue weighted by Gasteiger charge is 2.76. The van der Waals surface area contributed by atoms with Crippen molar-refractivity contribution in [2.24, 2.45) is 29.1 Å². The number of fused-ring (bicyclic) bond motifs is 1. The molecular weight excluding hydrogens is 280 g/mol. The molecule has 0 aromatic carbocycles. The van der Waals surface area contributed by atoms with E-state index in [0.717, 1.165) is 0 Å². The first-order chi connectivity index (χ1) is 9.70. The zero-order chi connectivity index (χ0) is 15.2. The van der Waals surface area contributed by atoms with E-state index in [1.807, 2.05) is 6.08 Å². The van der Waals surface area contributed by atoms with Crippen molar-refractivity contribution in [3.8, 4) is 0 Å².